The molecule has 0 aliphatic heterocycles. The van der Waals surface area contributed by atoms with Gasteiger partial charge in [-0.15, -0.1) is 0 Å². The number of anilines is 1. The highest BCUT2D eigenvalue weighted by Gasteiger charge is 2.07. The van der Waals surface area contributed by atoms with Crippen molar-refractivity contribution >= 4 is 35.1 Å². The predicted octanol–water partition coefficient (Wildman–Crippen LogP) is 3.55. The van der Waals surface area contributed by atoms with Crippen LogP contribution in [0.1, 0.15) is 0 Å². The number of primary amides is 1. The highest BCUT2D eigenvalue weighted by Crippen LogP contribution is 2.28. The van der Waals surface area contributed by atoms with Gasteiger partial charge in [0.2, 0.25) is 0 Å². The zero-order valence-corrected chi connectivity index (χ0v) is 10.7. The highest BCUT2D eigenvalue weighted by atomic mass is 35.5. The second-order valence-electron chi connectivity index (χ2n) is 3.53. The summed E-state index contributed by atoms with van der Waals surface area (Å²) in [6.07, 6.45) is 0. The van der Waals surface area contributed by atoms with Crippen LogP contribution in [0.3, 0.4) is 0 Å². The minimum absolute atomic E-state index is 0.281. The standard InChI is InChI=1S/C12H9Cl2N3O/c13-8-3-1-7(2-4-8)9-5-6-10(16-11(9)14)17-12(15)18/h1-6H,(H3,15,16,17,18). The Morgan fingerprint density at radius 1 is 1.11 bits per heavy atom. The van der Waals surface area contributed by atoms with Crippen molar-refractivity contribution in [3.8, 4) is 11.1 Å². The van der Waals surface area contributed by atoms with Gasteiger partial charge in [0.15, 0.2) is 0 Å². The molecule has 0 saturated carbocycles. The van der Waals surface area contributed by atoms with Crippen LogP contribution in [-0.4, -0.2) is 11.0 Å². The summed E-state index contributed by atoms with van der Waals surface area (Å²) < 4.78 is 0. The second-order valence-corrected chi connectivity index (χ2v) is 4.33. The lowest BCUT2D eigenvalue weighted by molar-refractivity contribution is 0.259. The molecule has 1 aromatic heterocycles. The van der Waals surface area contributed by atoms with Crippen LogP contribution in [-0.2, 0) is 0 Å². The van der Waals surface area contributed by atoms with Crippen molar-refractivity contribution in [3.63, 3.8) is 0 Å². The molecule has 0 saturated heterocycles. The summed E-state index contributed by atoms with van der Waals surface area (Å²) in [5.74, 6) is 0.310. The summed E-state index contributed by atoms with van der Waals surface area (Å²) in [5.41, 5.74) is 6.64. The molecular formula is C12H9Cl2N3O. The molecule has 0 aliphatic carbocycles. The Hall–Kier alpha value is -1.78. The van der Waals surface area contributed by atoms with Crippen LogP contribution >= 0.6 is 23.2 Å². The summed E-state index contributed by atoms with van der Waals surface area (Å²) in [5, 5.41) is 3.28. The van der Waals surface area contributed by atoms with Gasteiger partial charge in [0.1, 0.15) is 11.0 Å². The van der Waals surface area contributed by atoms with E-state index >= 15 is 0 Å². The molecule has 6 heteroatoms. The van der Waals surface area contributed by atoms with Gasteiger partial charge in [0.05, 0.1) is 0 Å². The maximum atomic E-state index is 10.7. The number of carbonyl (C=O) groups is 1. The first-order valence-electron chi connectivity index (χ1n) is 5.05. The number of rotatable bonds is 2. The number of halogens is 2. The molecule has 2 rings (SSSR count). The van der Waals surface area contributed by atoms with E-state index in [9.17, 15) is 4.79 Å². The number of urea groups is 1. The molecule has 1 aromatic carbocycles. The number of hydrogen-bond donors (Lipinski definition) is 2. The summed E-state index contributed by atoms with van der Waals surface area (Å²) in [6, 6.07) is 9.91. The molecule has 18 heavy (non-hydrogen) atoms. The molecule has 3 N–H and O–H groups in total. The molecule has 0 radical (unpaired) electrons. The van der Waals surface area contributed by atoms with Crippen LogP contribution in [0, 0.1) is 0 Å². The van der Waals surface area contributed by atoms with Gasteiger partial charge < -0.3 is 5.73 Å². The van der Waals surface area contributed by atoms with Crippen LogP contribution in [0.2, 0.25) is 10.2 Å². The van der Waals surface area contributed by atoms with Crippen LogP contribution in [0.15, 0.2) is 36.4 Å². The van der Waals surface area contributed by atoms with E-state index in [0.29, 0.717) is 10.8 Å². The van der Waals surface area contributed by atoms with E-state index < -0.39 is 6.03 Å². The van der Waals surface area contributed by atoms with Crippen molar-refractivity contribution < 1.29 is 4.79 Å². The van der Waals surface area contributed by atoms with Crippen molar-refractivity contribution in [3.05, 3.63) is 46.6 Å². The maximum Gasteiger partial charge on any atom is 0.317 e. The smallest absolute Gasteiger partial charge is 0.317 e. The Morgan fingerprint density at radius 2 is 1.78 bits per heavy atom. The van der Waals surface area contributed by atoms with Gasteiger partial charge in [0.25, 0.3) is 0 Å². The Labute approximate surface area is 114 Å². The predicted molar refractivity (Wildman–Crippen MR) is 72.9 cm³/mol. The quantitative estimate of drug-likeness (QED) is 0.827. The van der Waals surface area contributed by atoms with Crippen molar-refractivity contribution in [1.29, 1.82) is 0 Å². The molecule has 0 bridgehead atoms. The zero-order chi connectivity index (χ0) is 13.1. The van der Waals surface area contributed by atoms with Crippen molar-refractivity contribution in [2.45, 2.75) is 0 Å². The van der Waals surface area contributed by atoms with Gasteiger partial charge in [-0.05, 0) is 29.8 Å². The third kappa shape index (κ3) is 2.91. The number of benzene rings is 1. The maximum absolute atomic E-state index is 10.7. The van der Waals surface area contributed by atoms with Crippen molar-refractivity contribution in [2.24, 2.45) is 5.73 Å². The first kappa shape index (κ1) is 12.7. The Morgan fingerprint density at radius 3 is 2.33 bits per heavy atom. The first-order valence-corrected chi connectivity index (χ1v) is 5.81. The Bertz CT molecular complexity index is 584. The van der Waals surface area contributed by atoms with Gasteiger partial charge in [0, 0.05) is 10.6 Å². The van der Waals surface area contributed by atoms with E-state index in [1.807, 2.05) is 12.1 Å². The van der Waals surface area contributed by atoms with E-state index in [0.717, 1.165) is 11.1 Å². The number of nitrogens with two attached hydrogens (primary N) is 1. The fourth-order valence-corrected chi connectivity index (χ4v) is 1.86. The molecule has 4 nitrogen and oxygen atoms in total. The molecule has 0 fully saturated rings. The molecule has 0 spiro atoms. The molecule has 92 valence electrons. The third-order valence-electron chi connectivity index (χ3n) is 2.26. The highest BCUT2D eigenvalue weighted by molar-refractivity contribution is 6.32. The fourth-order valence-electron chi connectivity index (χ4n) is 1.47. The third-order valence-corrected chi connectivity index (χ3v) is 2.80. The van der Waals surface area contributed by atoms with Gasteiger partial charge in [-0.3, -0.25) is 5.32 Å². The number of carbonyl (C=O) groups excluding carboxylic acids is 1. The van der Waals surface area contributed by atoms with E-state index in [1.165, 1.54) is 0 Å². The second kappa shape index (κ2) is 5.25. The number of aromatic nitrogens is 1. The average Bonchev–Trinajstić information content (AvgIpc) is 2.30. The zero-order valence-electron chi connectivity index (χ0n) is 9.15. The number of pyridine rings is 1. The molecule has 0 aliphatic rings. The van der Waals surface area contributed by atoms with Crippen LogP contribution in [0.5, 0.6) is 0 Å². The van der Waals surface area contributed by atoms with Crippen LogP contribution < -0.4 is 11.1 Å². The van der Waals surface area contributed by atoms with E-state index in [-0.39, 0.29) is 5.15 Å². The van der Waals surface area contributed by atoms with Gasteiger partial charge in [-0.25, -0.2) is 9.78 Å². The van der Waals surface area contributed by atoms with E-state index in [4.69, 9.17) is 28.9 Å². The van der Waals surface area contributed by atoms with Gasteiger partial charge >= 0.3 is 6.03 Å². The minimum atomic E-state index is -0.683. The molecule has 1 heterocycles. The lowest BCUT2D eigenvalue weighted by atomic mass is 10.1. The SMILES string of the molecule is NC(=O)Nc1ccc(-c2ccc(Cl)cc2)c(Cl)n1. The summed E-state index contributed by atoms with van der Waals surface area (Å²) >= 11 is 11.9. The molecular weight excluding hydrogens is 273 g/mol. The summed E-state index contributed by atoms with van der Waals surface area (Å²) in [4.78, 5) is 14.7. The number of nitrogens with one attached hydrogen (secondary N) is 1. The summed E-state index contributed by atoms with van der Waals surface area (Å²) in [6.45, 7) is 0. The summed E-state index contributed by atoms with van der Waals surface area (Å²) in [7, 11) is 0. The Kier molecular flexibility index (Phi) is 3.69. The van der Waals surface area contributed by atoms with Crippen molar-refractivity contribution in [1.82, 2.24) is 4.98 Å². The van der Waals surface area contributed by atoms with Gasteiger partial charge in [-0.1, -0.05) is 35.3 Å². The van der Waals surface area contributed by atoms with Crippen LogP contribution in [0.25, 0.3) is 11.1 Å². The number of nitrogens with zero attached hydrogens (tertiary/aromatic N) is 1. The molecule has 2 amide bonds. The van der Waals surface area contributed by atoms with Crippen LogP contribution in [0.4, 0.5) is 10.6 Å². The minimum Gasteiger partial charge on any atom is -0.351 e. The normalized spacial score (nSPS) is 10.1. The molecule has 0 atom stereocenters. The average molecular weight is 282 g/mol. The van der Waals surface area contributed by atoms with E-state index in [1.54, 1.807) is 24.3 Å². The number of amides is 2. The Balaban J connectivity index is 2.35. The topological polar surface area (TPSA) is 68.0 Å². The molecule has 0 unspecified atom stereocenters. The monoisotopic (exact) mass is 281 g/mol. The number of hydrogen-bond acceptors (Lipinski definition) is 2. The lowest BCUT2D eigenvalue weighted by Crippen LogP contribution is -2.19. The lowest BCUT2D eigenvalue weighted by Gasteiger charge is -2.06. The first-order chi connectivity index (χ1) is 8.56. The molecule has 2 aromatic rings. The van der Waals surface area contributed by atoms with Crippen molar-refractivity contribution in [2.75, 3.05) is 5.32 Å². The van der Waals surface area contributed by atoms with E-state index in [2.05, 4.69) is 10.3 Å². The fraction of sp³-hybridized carbons (Fsp3) is 0. The van der Waals surface area contributed by atoms with Gasteiger partial charge in [-0.2, -0.15) is 0 Å². The largest absolute Gasteiger partial charge is 0.351 e.